The van der Waals surface area contributed by atoms with E-state index in [0.29, 0.717) is 11.8 Å². The third kappa shape index (κ3) is 9.76. The quantitative estimate of drug-likeness (QED) is 0.0922. The van der Waals surface area contributed by atoms with Gasteiger partial charge in [0.2, 0.25) is 0 Å². The molecule has 11 atom stereocenters. The first-order valence-electron chi connectivity index (χ1n) is 10.4. The number of hydrogen-bond donors (Lipinski definition) is 7. The van der Waals surface area contributed by atoms with Gasteiger partial charge in [0, 0.05) is 12.3 Å². The first-order valence-corrected chi connectivity index (χ1v) is 14.6. The van der Waals surface area contributed by atoms with E-state index in [4.69, 9.17) is 14.6 Å². The smallest absolute Gasteiger partial charge is 0.778 e. The van der Waals surface area contributed by atoms with Gasteiger partial charge in [0.15, 0.2) is 13.8 Å². The number of aliphatic hydroxyl groups is 6. The van der Waals surface area contributed by atoms with E-state index in [1.807, 2.05) is 4.98 Å². The summed E-state index contributed by atoms with van der Waals surface area (Å²) in [6.45, 7) is -1.80. The van der Waals surface area contributed by atoms with E-state index in [0.717, 1.165) is 16.8 Å². The van der Waals surface area contributed by atoms with E-state index < -0.39 is 99.8 Å². The molecule has 212 valence electrons. The van der Waals surface area contributed by atoms with Crippen LogP contribution in [0.1, 0.15) is 6.23 Å². The zero-order chi connectivity index (χ0) is 27.7. The molecule has 3 heterocycles. The van der Waals surface area contributed by atoms with Crippen molar-refractivity contribution in [3.63, 3.8) is 0 Å². The average Bonchev–Trinajstić information content (AvgIpc) is 3.09. The van der Waals surface area contributed by atoms with E-state index >= 15 is 0 Å². The molecule has 7 N–H and O–H groups in total. The molecule has 0 aliphatic carbocycles. The van der Waals surface area contributed by atoms with E-state index in [9.17, 15) is 54.0 Å². The molecular weight excluding hydrogens is 616 g/mol. The summed E-state index contributed by atoms with van der Waals surface area (Å²) < 4.78 is 43.8. The Kier molecular flexibility index (Phi) is 15.3. The fourth-order valence-electron chi connectivity index (χ4n) is 3.46. The molecule has 18 nitrogen and oxygen atoms in total. The van der Waals surface area contributed by atoms with E-state index in [2.05, 4.69) is 8.83 Å². The number of rotatable bonds is 10. The topological polar surface area (TPSA) is 293 Å². The van der Waals surface area contributed by atoms with Crippen molar-refractivity contribution in [2.75, 3.05) is 18.7 Å². The van der Waals surface area contributed by atoms with Gasteiger partial charge in [-0.15, -0.1) is 11.8 Å². The Balaban J connectivity index is 0.00000380. The second-order valence-electron chi connectivity index (χ2n) is 7.99. The number of hydrogen-bond acceptors (Lipinski definition) is 17. The molecule has 2 unspecified atom stereocenters. The third-order valence-electron chi connectivity index (χ3n) is 5.33. The van der Waals surface area contributed by atoms with Crippen molar-refractivity contribution in [3.05, 3.63) is 33.1 Å². The molecule has 0 aromatic carbocycles. The third-order valence-corrected chi connectivity index (χ3v) is 10.2. The molecule has 0 saturated carbocycles. The SMILES string of the molecule is O=c1ccn([C@@H]2O[C@H](COP(=O)([O-])OP(=O)([O-])CS[C@@H]3O[C@H](CO)[C@@H](O)[C@H](O)[C@H]3O)[C@@H](O)[C@H]2O)c(=O)[nH]1.[Na+].[Na+]. The largest absolute Gasteiger partial charge is 1.00 e. The van der Waals surface area contributed by atoms with Crippen molar-refractivity contribution in [1.82, 2.24) is 9.55 Å². The standard InChI is InChI=1S/C16H26N2O16P2S.2Na/c19-3-6-9(21)11(23)13(25)15(33-6)37-5-35(27,28)34-36(29,30)31-4-7-10(22)12(24)14(32-7)18-2-1-8(20)17-16(18)26;;/h1-2,6-7,9-15,19,21-25H,3-5H2,(H,27,28)(H,29,30)(H,17,20,26);;/q;2*+1/p-2/t6-,7-,9-,10-,11+,12-,13-,14-,15+;;/m1../s1. The van der Waals surface area contributed by atoms with Crippen molar-refractivity contribution in [3.8, 4) is 0 Å². The first-order chi connectivity index (χ1) is 17.2. The number of aromatic nitrogens is 2. The van der Waals surface area contributed by atoms with Crippen LogP contribution in [0.15, 0.2) is 21.9 Å². The predicted octanol–water partition coefficient (Wildman–Crippen LogP) is -11.3. The van der Waals surface area contributed by atoms with Gasteiger partial charge in [-0.05, 0) is 0 Å². The summed E-state index contributed by atoms with van der Waals surface area (Å²) in [6.07, 6.45) is -12.3. The number of phosphoric acid groups is 1. The maximum Gasteiger partial charge on any atom is 1.00 e. The van der Waals surface area contributed by atoms with Gasteiger partial charge in [0.1, 0.15) is 48.2 Å². The van der Waals surface area contributed by atoms with Gasteiger partial charge in [-0.3, -0.25) is 23.2 Å². The summed E-state index contributed by atoms with van der Waals surface area (Å²) in [6, 6.07) is 0.932. The minimum absolute atomic E-state index is 0. The van der Waals surface area contributed by atoms with Gasteiger partial charge in [0.25, 0.3) is 13.4 Å². The monoisotopic (exact) mass is 640 g/mol. The molecular formula is C16H24N2Na2O16P2S. The molecule has 0 spiro atoms. The Morgan fingerprint density at radius 3 is 2.18 bits per heavy atom. The van der Waals surface area contributed by atoms with Crippen LogP contribution in [0.25, 0.3) is 0 Å². The maximum atomic E-state index is 12.2. The van der Waals surface area contributed by atoms with Crippen molar-refractivity contribution < 1.29 is 127 Å². The molecule has 0 radical (unpaired) electrons. The molecule has 2 aliphatic rings. The molecule has 0 bridgehead atoms. The zero-order valence-electron chi connectivity index (χ0n) is 20.5. The Morgan fingerprint density at radius 1 is 0.974 bits per heavy atom. The van der Waals surface area contributed by atoms with Crippen molar-refractivity contribution in [1.29, 1.82) is 0 Å². The molecule has 39 heavy (non-hydrogen) atoms. The number of thioether (sulfide) groups is 1. The van der Waals surface area contributed by atoms with Crippen LogP contribution in [0.5, 0.6) is 0 Å². The number of phosphoric ester groups is 1. The molecule has 0 amide bonds. The van der Waals surface area contributed by atoms with Crippen LogP contribution in [-0.4, -0.2) is 107 Å². The van der Waals surface area contributed by atoms with Gasteiger partial charge in [0.05, 0.1) is 18.7 Å². The number of nitrogens with zero attached hydrogens (tertiary/aromatic N) is 1. The van der Waals surface area contributed by atoms with Crippen LogP contribution in [0, 0.1) is 0 Å². The molecule has 1 aromatic heterocycles. The minimum atomic E-state index is -5.61. The summed E-state index contributed by atoms with van der Waals surface area (Å²) in [5.41, 5.74) is -4.33. The van der Waals surface area contributed by atoms with Gasteiger partial charge in [-0.25, -0.2) is 4.79 Å². The van der Waals surface area contributed by atoms with E-state index in [-0.39, 0.29) is 59.1 Å². The Bertz CT molecular complexity index is 1160. The second-order valence-corrected chi connectivity index (χ2v) is 12.9. The number of nitrogens with one attached hydrogen (secondary N) is 1. The summed E-state index contributed by atoms with van der Waals surface area (Å²) >= 11 is 0.296. The summed E-state index contributed by atoms with van der Waals surface area (Å²) in [7, 11) is -10.9. The van der Waals surface area contributed by atoms with Crippen LogP contribution in [0.4, 0.5) is 0 Å². The van der Waals surface area contributed by atoms with Crippen LogP contribution in [0.2, 0.25) is 0 Å². The molecule has 2 aliphatic heterocycles. The van der Waals surface area contributed by atoms with Crippen LogP contribution >= 0.6 is 27.2 Å². The first kappa shape index (κ1) is 38.0. The fourth-order valence-corrected chi connectivity index (χ4v) is 7.71. The average molecular weight is 640 g/mol. The van der Waals surface area contributed by atoms with Gasteiger partial charge in [-0.2, -0.15) is 0 Å². The van der Waals surface area contributed by atoms with E-state index in [1.54, 1.807) is 0 Å². The van der Waals surface area contributed by atoms with Crippen molar-refractivity contribution in [2.24, 2.45) is 0 Å². The van der Waals surface area contributed by atoms with Gasteiger partial charge >= 0.3 is 64.8 Å². The number of ether oxygens (including phenoxy) is 2. The molecule has 23 heteroatoms. The minimum Gasteiger partial charge on any atom is -0.778 e. The molecule has 1 aromatic rings. The summed E-state index contributed by atoms with van der Waals surface area (Å²) in [5.74, 6) is 0. The normalized spacial score (nSPS) is 35.7. The van der Waals surface area contributed by atoms with Gasteiger partial charge < -0.3 is 59.0 Å². The fraction of sp³-hybridized carbons (Fsp3) is 0.750. The molecule has 3 rings (SSSR count). The summed E-state index contributed by atoms with van der Waals surface area (Å²) in [5, 5.41) is 58.8. The summed E-state index contributed by atoms with van der Waals surface area (Å²) in [4.78, 5) is 49.2. The van der Waals surface area contributed by atoms with E-state index in [1.165, 1.54) is 0 Å². The van der Waals surface area contributed by atoms with Crippen LogP contribution < -0.4 is 80.2 Å². The zero-order valence-corrected chi connectivity index (χ0v) is 27.1. The number of H-pyrrole nitrogens is 1. The second kappa shape index (κ2) is 15.7. The Hall–Kier alpha value is 1.01. The molecule has 2 saturated heterocycles. The van der Waals surface area contributed by atoms with Gasteiger partial charge in [-0.1, -0.05) is 0 Å². The molecule has 2 fully saturated rings. The number of aliphatic hydroxyl groups excluding tert-OH is 6. The van der Waals surface area contributed by atoms with Crippen molar-refractivity contribution in [2.45, 2.75) is 54.4 Å². The number of aromatic amines is 1. The Morgan fingerprint density at radius 2 is 1.59 bits per heavy atom. The van der Waals surface area contributed by atoms with Crippen LogP contribution in [0.3, 0.4) is 0 Å². The van der Waals surface area contributed by atoms with Crippen LogP contribution in [-0.2, 0) is 27.4 Å². The maximum absolute atomic E-state index is 12.2. The predicted molar refractivity (Wildman–Crippen MR) is 116 cm³/mol. The van der Waals surface area contributed by atoms with Crippen molar-refractivity contribution >= 4 is 27.2 Å². The Labute approximate surface area is 268 Å².